The molecule has 3 nitrogen and oxygen atoms in total. The van der Waals surface area contributed by atoms with E-state index in [2.05, 4.69) is 47.5 Å². The monoisotopic (exact) mass is 322 g/mol. The van der Waals surface area contributed by atoms with Crippen LogP contribution in [0.2, 0.25) is 0 Å². The Bertz CT molecular complexity index is 1260. The predicted octanol–water partition coefficient (Wildman–Crippen LogP) is 3.32. The van der Waals surface area contributed by atoms with Crippen LogP contribution in [0.25, 0.3) is 21.9 Å². The third-order valence-electron chi connectivity index (χ3n) is 3.20. The lowest BCUT2D eigenvalue weighted by Crippen LogP contribution is -2.01. The molecule has 0 aliphatic heterocycles. The van der Waals surface area contributed by atoms with Crippen molar-refractivity contribution in [1.29, 1.82) is 0 Å². The highest BCUT2D eigenvalue weighted by atomic mass is 16.5. The van der Waals surface area contributed by atoms with Crippen molar-refractivity contribution in [2.75, 3.05) is 0 Å². The fourth-order valence-electron chi connectivity index (χ4n) is 2.14. The summed E-state index contributed by atoms with van der Waals surface area (Å²) >= 11 is 0. The van der Waals surface area contributed by atoms with Crippen molar-refractivity contribution >= 4 is 21.9 Å². The summed E-state index contributed by atoms with van der Waals surface area (Å²) in [5.41, 5.74) is 0.941. The first-order valence-corrected chi connectivity index (χ1v) is 7.34. The Labute approximate surface area is 144 Å². The molecule has 0 unspecified atom stereocenters. The summed E-state index contributed by atoms with van der Waals surface area (Å²) in [7, 11) is 0. The van der Waals surface area contributed by atoms with Crippen molar-refractivity contribution in [1.82, 2.24) is 0 Å². The lowest BCUT2D eigenvalue weighted by atomic mass is 10.1. The van der Waals surface area contributed by atoms with Crippen LogP contribution in [-0.2, 0) is 0 Å². The summed E-state index contributed by atoms with van der Waals surface area (Å²) in [5.74, 6) is 18.3. The van der Waals surface area contributed by atoms with E-state index in [1.165, 1.54) is 0 Å². The number of rotatable bonds is 1. The Morgan fingerprint density at radius 3 is 2.40 bits per heavy atom. The number of ether oxygens (including phenoxy) is 1. The van der Waals surface area contributed by atoms with Crippen molar-refractivity contribution in [2.45, 2.75) is 6.92 Å². The molecule has 25 heavy (non-hydrogen) atoms. The third kappa shape index (κ3) is 3.65. The van der Waals surface area contributed by atoms with Crippen LogP contribution < -0.4 is 10.2 Å². The number of hydrogen-bond donors (Lipinski definition) is 0. The second-order valence-corrected chi connectivity index (χ2v) is 4.79. The molecule has 0 bridgehead atoms. The van der Waals surface area contributed by atoms with E-state index < -0.39 is 0 Å². The fourth-order valence-corrected chi connectivity index (χ4v) is 2.14. The second-order valence-electron chi connectivity index (χ2n) is 4.79. The molecule has 3 heteroatoms. The van der Waals surface area contributed by atoms with Gasteiger partial charge < -0.3 is 9.15 Å². The van der Waals surface area contributed by atoms with Gasteiger partial charge in [0.25, 0.3) is 0 Å². The molecule has 2 aromatic carbocycles. The molecule has 0 saturated carbocycles. The number of hydrogen-bond acceptors (Lipinski definition) is 3. The number of fused-ring (bicyclic) bond motifs is 2. The molecule has 0 fully saturated rings. The molecule has 0 amide bonds. The minimum atomic E-state index is -0.109. The summed E-state index contributed by atoms with van der Waals surface area (Å²) in [5, 5.41) is 0.964. The molecule has 0 saturated heterocycles. The maximum absolute atomic E-state index is 12.5. The van der Waals surface area contributed by atoms with Gasteiger partial charge >= 0.3 is 0 Å². The van der Waals surface area contributed by atoms with E-state index in [1.807, 2.05) is 6.07 Å². The van der Waals surface area contributed by atoms with Crippen LogP contribution in [0.3, 0.4) is 0 Å². The predicted molar refractivity (Wildman–Crippen MR) is 97.4 cm³/mol. The molecule has 0 radical (unpaired) electrons. The smallest absolute Gasteiger partial charge is 0.200 e. The molecule has 0 N–H and O–H groups in total. The standard InChI is InChI=1S/C22H10O3/c1-2-3-4-5-6-7-10-15-24-17-13-14-21-19(16-17)22(23)18-11-8-9-12-20(18)25-21/h8-9,11-14,16H,1H3. The van der Waals surface area contributed by atoms with Gasteiger partial charge in [0.1, 0.15) is 23.0 Å². The van der Waals surface area contributed by atoms with Gasteiger partial charge in [-0.1, -0.05) is 18.1 Å². The Kier molecular flexibility index (Phi) is 4.74. The van der Waals surface area contributed by atoms with Crippen LogP contribution in [-0.4, -0.2) is 0 Å². The first-order chi connectivity index (χ1) is 12.3. The molecule has 1 heterocycles. The van der Waals surface area contributed by atoms with Crippen molar-refractivity contribution in [2.24, 2.45) is 0 Å². The number of para-hydroxylation sites is 1. The van der Waals surface area contributed by atoms with Gasteiger partial charge in [-0.15, -0.1) is 0 Å². The van der Waals surface area contributed by atoms with Gasteiger partial charge in [0.15, 0.2) is 0 Å². The van der Waals surface area contributed by atoms with E-state index in [9.17, 15) is 4.79 Å². The van der Waals surface area contributed by atoms with Crippen molar-refractivity contribution < 1.29 is 9.15 Å². The van der Waals surface area contributed by atoms with Crippen LogP contribution in [0.1, 0.15) is 6.92 Å². The molecule has 116 valence electrons. The Morgan fingerprint density at radius 2 is 1.56 bits per heavy atom. The van der Waals surface area contributed by atoms with Gasteiger partial charge in [-0.3, -0.25) is 4.79 Å². The lowest BCUT2D eigenvalue weighted by molar-refractivity contribution is 0.520. The highest BCUT2D eigenvalue weighted by molar-refractivity contribution is 5.90. The normalized spacial score (nSPS) is 8.68. The third-order valence-corrected chi connectivity index (χ3v) is 3.20. The molecule has 1 aromatic heterocycles. The van der Waals surface area contributed by atoms with Crippen molar-refractivity contribution in [3.8, 4) is 53.3 Å². The average molecular weight is 322 g/mol. The zero-order valence-electron chi connectivity index (χ0n) is 13.3. The largest absolute Gasteiger partial charge is 0.456 e. The van der Waals surface area contributed by atoms with Gasteiger partial charge in [0, 0.05) is 17.8 Å². The van der Waals surface area contributed by atoms with Crippen molar-refractivity contribution in [3.63, 3.8) is 0 Å². The van der Waals surface area contributed by atoms with Gasteiger partial charge in [0.2, 0.25) is 5.43 Å². The first kappa shape index (κ1) is 15.8. The van der Waals surface area contributed by atoms with Gasteiger partial charge in [-0.25, -0.2) is 0 Å². The quantitative estimate of drug-likeness (QED) is 0.510. The molecular formula is C22H10O3. The summed E-state index contributed by atoms with van der Waals surface area (Å²) in [4.78, 5) is 12.5. The van der Waals surface area contributed by atoms with E-state index in [0.717, 1.165) is 0 Å². The van der Waals surface area contributed by atoms with E-state index in [1.54, 1.807) is 43.3 Å². The maximum Gasteiger partial charge on any atom is 0.200 e. The van der Waals surface area contributed by atoms with E-state index in [4.69, 9.17) is 9.15 Å². The maximum atomic E-state index is 12.5. The molecule has 0 aliphatic rings. The van der Waals surface area contributed by atoms with Crippen LogP contribution in [0.5, 0.6) is 5.75 Å². The summed E-state index contributed by atoms with van der Waals surface area (Å²) in [6.45, 7) is 1.70. The summed E-state index contributed by atoms with van der Waals surface area (Å²) in [6.07, 6.45) is 2.45. The Hall–Kier alpha value is -4.05. The highest BCUT2D eigenvalue weighted by Crippen LogP contribution is 2.22. The van der Waals surface area contributed by atoms with E-state index in [0.29, 0.717) is 27.7 Å². The molecule has 0 atom stereocenters. The minimum absolute atomic E-state index is 0.109. The first-order valence-electron chi connectivity index (χ1n) is 7.34. The van der Waals surface area contributed by atoms with Crippen LogP contribution >= 0.6 is 0 Å². The van der Waals surface area contributed by atoms with E-state index in [-0.39, 0.29) is 5.43 Å². The van der Waals surface area contributed by atoms with Gasteiger partial charge in [-0.05, 0) is 55.0 Å². The Balaban J connectivity index is 1.88. The van der Waals surface area contributed by atoms with E-state index >= 15 is 0 Å². The van der Waals surface area contributed by atoms with Gasteiger partial charge in [-0.2, -0.15) is 0 Å². The second kappa shape index (κ2) is 7.48. The molecular weight excluding hydrogens is 312 g/mol. The topological polar surface area (TPSA) is 39.4 Å². The molecule has 3 rings (SSSR count). The fraction of sp³-hybridized carbons (Fsp3) is 0.0455. The zero-order chi connectivity index (χ0) is 17.5. The average Bonchev–Trinajstić information content (AvgIpc) is 2.64. The number of benzene rings is 2. The molecule has 0 aliphatic carbocycles. The molecule has 0 spiro atoms. The van der Waals surface area contributed by atoms with Crippen molar-refractivity contribution in [3.05, 3.63) is 52.7 Å². The van der Waals surface area contributed by atoms with Gasteiger partial charge in [0.05, 0.1) is 10.8 Å². The summed E-state index contributed by atoms with van der Waals surface area (Å²) in [6, 6.07) is 12.1. The lowest BCUT2D eigenvalue weighted by Gasteiger charge is -2.02. The van der Waals surface area contributed by atoms with Crippen LogP contribution in [0.15, 0.2) is 51.7 Å². The van der Waals surface area contributed by atoms with Crippen LogP contribution in [0.4, 0.5) is 0 Å². The zero-order valence-corrected chi connectivity index (χ0v) is 13.3. The Morgan fingerprint density at radius 1 is 0.840 bits per heavy atom. The molecule has 3 aromatic rings. The SMILES string of the molecule is CC#CC#CC#CC#COc1ccc2oc3ccccc3c(=O)c2c1. The highest BCUT2D eigenvalue weighted by Gasteiger charge is 2.08. The summed E-state index contributed by atoms with van der Waals surface area (Å²) < 4.78 is 11.0. The van der Waals surface area contributed by atoms with Crippen LogP contribution in [0, 0.1) is 47.5 Å². The minimum Gasteiger partial charge on any atom is -0.456 e.